The van der Waals surface area contributed by atoms with Crippen LogP contribution < -0.4 is 11.1 Å². The second-order valence-electron chi connectivity index (χ2n) is 7.37. The number of carbonyl (C=O) groups is 1. The van der Waals surface area contributed by atoms with Crippen molar-refractivity contribution in [2.24, 2.45) is 11.8 Å². The van der Waals surface area contributed by atoms with E-state index in [-0.39, 0.29) is 17.7 Å². The first-order valence-corrected chi connectivity index (χ1v) is 9.52. The van der Waals surface area contributed by atoms with Crippen molar-refractivity contribution in [2.75, 3.05) is 11.1 Å². The molecule has 3 unspecified atom stereocenters. The molecule has 1 amide bonds. The zero-order chi connectivity index (χ0) is 20.0. The molecule has 1 aliphatic rings. The molecule has 4 N–H and O–H groups in total. The molecule has 3 atom stereocenters. The molecule has 1 aliphatic carbocycles. The molecular weight excluding hydrogens is 376 g/mol. The molecule has 1 aromatic carbocycles. The van der Waals surface area contributed by atoms with Crippen LogP contribution in [0.3, 0.4) is 0 Å². The number of fused-ring (bicyclic) bond motifs is 1. The number of aryl methyl sites for hydroxylation is 1. The molecule has 1 saturated carbocycles. The Labute approximate surface area is 167 Å². The fourth-order valence-electron chi connectivity index (χ4n) is 3.58. The summed E-state index contributed by atoms with van der Waals surface area (Å²) in [6, 6.07) is 5.64. The number of rotatable bonds is 4. The molecule has 0 saturated heterocycles. The van der Waals surface area contributed by atoms with Gasteiger partial charge in [-0.25, -0.2) is 4.98 Å². The van der Waals surface area contributed by atoms with E-state index < -0.39 is 6.10 Å². The molecule has 28 heavy (non-hydrogen) atoms. The van der Waals surface area contributed by atoms with Crippen LogP contribution >= 0.6 is 11.6 Å². The van der Waals surface area contributed by atoms with Crippen LogP contribution in [0.5, 0.6) is 0 Å². The van der Waals surface area contributed by atoms with Gasteiger partial charge in [-0.2, -0.15) is 0 Å². The number of amides is 1. The summed E-state index contributed by atoms with van der Waals surface area (Å²) < 4.78 is 0. The molecule has 144 valence electrons. The van der Waals surface area contributed by atoms with Gasteiger partial charge in [0.1, 0.15) is 5.82 Å². The van der Waals surface area contributed by atoms with E-state index in [9.17, 15) is 9.90 Å². The maximum absolute atomic E-state index is 12.4. The van der Waals surface area contributed by atoms with Crippen LogP contribution in [0.25, 0.3) is 21.9 Å². The molecule has 4 rings (SSSR count). The number of carbonyl (C=O) groups excluding carboxylic acids is 1. The smallest absolute Gasteiger partial charge is 0.229 e. The van der Waals surface area contributed by atoms with E-state index in [2.05, 4.69) is 15.3 Å². The van der Waals surface area contributed by atoms with Crippen molar-refractivity contribution in [1.82, 2.24) is 9.97 Å². The Morgan fingerprint density at radius 1 is 1.36 bits per heavy atom. The number of nitrogens with zero attached hydrogens (tertiary/aromatic N) is 2. The highest BCUT2D eigenvalue weighted by Crippen LogP contribution is 2.42. The fourth-order valence-corrected chi connectivity index (χ4v) is 3.83. The van der Waals surface area contributed by atoms with Gasteiger partial charge < -0.3 is 16.2 Å². The van der Waals surface area contributed by atoms with Gasteiger partial charge in [-0.15, -0.1) is 0 Å². The first-order chi connectivity index (χ1) is 13.4. The Kier molecular flexibility index (Phi) is 4.69. The molecule has 0 radical (unpaired) electrons. The van der Waals surface area contributed by atoms with Crippen molar-refractivity contribution in [1.29, 1.82) is 0 Å². The molecule has 0 aliphatic heterocycles. The number of aromatic nitrogens is 2. The summed E-state index contributed by atoms with van der Waals surface area (Å²) in [5.74, 6) is 0.184. The standard InChI is InChI=1S/C21H21ClN4O2/c1-10-3-4-24-8-16(10)14-5-12-6-18(25-9-17(12)20(23)19(14)22)26-21(28)15-7-13(15)11(2)27/h3-6,8-9,11,13,15,27H,7,23H2,1-2H3,(H,25,26,28). The van der Waals surface area contributed by atoms with Gasteiger partial charge in [0, 0.05) is 41.0 Å². The van der Waals surface area contributed by atoms with Crippen LogP contribution in [0.2, 0.25) is 5.02 Å². The molecule has 3 aromatic rings. The number of anilines is 2. The zero-order valence-corrected chi connectivity index (χ0v) is 16.4. The van der Waals surface area contributed by atoms with Crippen LogP contribution in [0.15, 0.2) is 36.8 Å². The van der Waals surface area contributed by atoms with Crippen molar-refractivity contribution in [3.05, 3.63) is 47.4 Å². The van der Waals surface area contributed by atoms with Gasteiger partial charge in [-0.05, 0) is 55.3 Å². The third-order valence-electron chi connectivity index (χ3n) is 5.38. The summed E-state index contributed by atoms with van der Waals surface area (Å²) in [7, 11) is 0. The molecule has 0 bridgehead atoms. The van der Waals surface area contributed by atoms with Gasteiger partial charge in [-0.1, -0.05) is 11.6 Å². The molecule has 2 heterocycles. The molecule has 0 spiro atoms. The van der Waals surface area contributed by atoms with E-state index in [1.54, 1.807) is 31.6 Å². The van der Waals surface area contributed by atoms with E-state index in [0.29, 0.717) is 22.9 Å². The maximum atomic E-state index is 12.4. The fraction of sp³-hybridized carbons (Fsp3) is 0.286. The van der Waals surface area contributed by atoms with E-state index >= 15 is 0 Å². The van der Waals surface area contributed by atoms with Crippen molar-refractivity contribution in [2.45, 2.75) is 26.4 Å². The SMILES string of the molecule is Cc1ccncc1-c1cc2cc(NC(=O)C3CC3C(C)O)ncc2c(N)c1Cl. The van der Waals surface area contributed by atoms with Gasteiger partial charge in [0.05, 0.1) is 16.8 Å². The average molecular weight is 397 g/mol. The van der Waals surface area contributed by atoms with Crippen LogP contribution in [0, 0.1) is 18.8 Å². The number of nitrogens with two attached hydrogens (primary N) is 1. The second-order valence-corrected chi connectivity index (χ2v) is 7.75. The normalized spacial score (nSPS) is 19.4. The number of nitrogens with one attached hydrogen (secondary N) is 1. The number of halogens is 1. The minimum atomic E-state index is -0.479. The zero-order valence-electron chi connectivity index (χ0n) is 15.6. The summed E-state index contributed by atoms with van der Waals surface area (Å²) in [6.45, 7) is 3.70. The number of benzene rings is 1. The van der Waals surface area contributed by atoms with E-state index in [0.717, 1.165) is 27.5 Å². The number of hydrogen-bond acceptors (Lipinski definition) is 5. The van der Waals surface area contributed by atoms with E-state index in [4.69, 9.17) is 17.3 Å². The summed E-state index contributed by atoms with van der Waals surface area (Å²) in [5, 5.41) is 14.5. The number of pyridine rings is 2. The summed E-state index contributed by atoms with van der Waals surface area (Å²) in [6.07, 6.45) is 5.32. The van der Waals surface area contributed by atoms with Gasteiger partial charge in [-0.3, -0.25) is 9.78 Å². The Hall–Kier alpha value is -2.70. The molecule has 6 nitrogen and oxygen atoms in total. The summed E-state index contributed by atoms with van der Waals surface area (Å²) in [5.41, 5.74) is 9.43. The lowest BCUT2D eigenvalue weighted by atomic mass is 9.99. The van der Waals surface area contributed by atoms with Crippen LogP contribution in [-0.4, -0.2) is 27.1 Å². The lowest BCUT2D eigenvalue weighted by Crippen LogP contribution is -2.18. The van der Waals surface area contributed by atoms with Crippen molar-refractivity contribution in [3.63, 3.8) is 0 Å². The third-order valence-corrected chi connectivity index (χ3v) is 5.78. The second kappa shape index (κ2) is 7.04. The number of hydrogen-bond donors (Lipinski definition) is 3. The minimum Gasteiger partial charge on any atom is -0.397 e. The van der Waals surface area contributed by atoms with Crippen molar-refractivity contribution < 1.29 is 9.90 Å². The predicted molar refractivity (Wildman–Crippen MR) is 111 cm³/mol. The Balaban J connectivity index is 1.70. The summed E-state index contributed by atoms with van der Waals surface area (Å²) in [4.78, 5) is 20.9. The Morgan fingerprint density at radius 2 is 2.14 bits per heavy atom. The highest BCUT2D eigenvalue weighted by Gasteiger charge is 2.45. The van der Waals surface area contributed by atoms with Crippen LogP contribution in [0.4, 0.5) is 11.5 Å². The first-order valence-electron chi connectivity index (χ1n) is 9.14. The largest absolute Gasteiger partial charge is 0.397 e. The van der Waals surface area contributed by atoms with E-state index in [1.165, 1.54) is 0 Å². The van der Waals surface area contributed by atoms with Crippen molar-refractivity contribution >= 4 is 39.8 Å². The maximum Gasteiger partial charge on any atom is 0.229 e. The lowest BCUT2D eigenvalue weighted by molar-refractivity contribution is -0.118. The molecule has 7 heteroatoms. The van der Waals surface area contributed by atoms with E-state index in [1.807, 2.05) is 19.1 Å². The van der Waals surface area contributed by atoms with Gasteiger partial charge in [0.25, 0.3) is 0 Å². The first kappa shape index (κ1) is 18.7. The Bertz CT molecular complexity index is 1080. The van der Waals surface area contributed by atoms with Crippen LogP contribution in [0.1, 0.15) is 18.9 Å². The quantitative estimate of drug-likeness (QED) is 0.582. The lowest BCUT2D eigenvalue weighted by Gasteiger charge is -2.13. The number of nitrogen functional groups attached to an aromatic ring is 1. The minimum absolute atomic E-state index is 0.0232. The topological polar surface area (TPSA) is 101 Å². The highest BCUT2D eigenvalue weighted by atomic mass is 35.5. The van der Waals surface area contributed by atoms with Gasteiger partial charge in [0.15, 0.2) is 0 Å². The third kappa shape index (κ3) is 3.30. The molecule has 1 fully saturated rings. The molecule has 2 aromatic heterocycles. The number of aliphatic hydroxyl groups excluding tert-OH is 1. The number of aliphatic hydroxyl groups is 1. The van der Waals surface area contributed by atoms with Gasteiger partial charge >= 0.3 is 0 Å². The predicted octanol–water partition coefficient (Wildman–Crippen LogP) is 3.80. The summed E-state index contributed by atoms with van der Waals surface area (Å²) >= 11 is 6.52. The van der Waals surface area contributed by atoms with Crippen LogP contribution in [-0.2, 0) is 4.79 Å². The monoisotopic (exact) mass is 396 g/mol. The average Bonchev–Trinajstić information content (AvgIpc) is 3.46. The Morgan fingerprint density at radius 3 is 2.82 bits per heavy atom. The highest BCUT2D eigenvalue weighted by molar-refractivity contribution is 6.37. The van der Waals surface area contributed by atoms with Gasteiger partial charge in [0.2, 0.25) is 5.91 Å². The van der Waals surface area contributed by atoms with Crippen molar-refractivity contribution in [3.8, 4) is 11.1 Å². The molecular formula is C21H21ClN4O2.